The Kier molecular flexibility index (Phi) is 4.12. The molecule has 5 nitrogen and oxygen atoms in total. The fraction of sp³-hybridized carbons (Fsp3) is 0.240. The van der Waals surface area contributed by atoms with Gasteiger partial charge in [-0.15, -0.1) is 0 Å². The number of rotatable bonds is 4. The number of esters is 1. The van der Waals surface area contributed by atoms with Crippen LogP contribution < -0.4 is 10.6 Å². The second-order valence-electron chi connectivity index (χ2n) is 7.96. The molecule has 0 saturated heterocycles. The molecule has 30 heavy (non-hydrogen) atoms. The molecule has 0 spiro atoms. The lowest BCUT2D eigenvalue weighted by Gasteiger charge is -2.47. The number of aryl methyl sites for hydroxylation is 1. The molecule has 0 bridgehead atoms. The number of para-hydroxylation sites is 1. The molecule has 1 aliphatic carbocycles. The Balaban J connectivity index is 1.88. The van der Waals surface area contributed by atoms with Crippen LogP contribution in [0.4, 0.5) is 0 Å². The van der Waals surface area contributed by atoms with Gasteiger partial charge in [0, 0.05) is 40.5 Å². The largest absolute Gasteiger partial charge is 0.443 e. The third kappa shape index (κ3) is 2.30. The van der Waals surface area contributed by atoms with Gasteiger partial charge in [-0.1, -0.05) is 48.6 Å². The van der Waals surface area contributed by atoms with Crippen LogP contribution in [-0.4, -0.2) is 30.6 Å². The number of carbonyl (C=O) groups is 1. The number of hydrogen-bond acceptors (Lipinski definition) is 4. The maximum Gasteiger partial charge on any atom is 0.339 e. The van der Waals surface area contributed by atoms with Crippen LogP contribution in [-0.2, 0) is 10.3 Å². The van der Waals surface area contributed by atoms with E-state index in [0.29, 0.717) is 12.0 Å². The quantitative estimate of drug-likeness (QED) is 0.582. The maximum atomic E-state index is 13.1. The monoisotopic (exact) mass is 399 g/mol. The summed E-state index contributed by atoms with van der Waals surface area (Å²) in [6.45, 7) is 2.05. The number of benzene rings is 2. The highest BCUT2D eigenvalue weighted by Crippen LogP contribution is 2.54. The number of likely N-dealkylation sites (N-methyl/N-ethyl adjacent to an activating group) is 2. The Labute approximate surface area is 175 Å². The van der Waals surface area contributed by atoms with Gasteiger partial charge in [0.1, 0.15) is 0 Å². The SMILES string of the molecule is CNC1=CCC(NC)(C2(c3c(C)[nH]c4ccccc34)OC(=O)c3ccccc32)C=C1. The molecule has 2 atom stereocenters. The van der Waals surface area contributed by atoms with Gasteiger partial charge < -0.3 is 20.4 Å². The van der Waals surface area contributed by atoms with E-state index in [4.69, 9.17) is 4.74 Å². The van der Waals surface area contributed by atoms with Crippen molar-refractivity contribution in [1.29, 1.82) is 0 Å². The number of aromatic amines is 1. The van der Waals surface area contributed by atoms with E-state index in [1.54, 1.807) is 0 Å². The Morgan fingerprint density at radius 1 is 1.07 bits per heavy atom. The lowest BCUT2D eigenvalue weighted by Crippen LogP contribution is -2.60. The van der Waals surface area contributed by atoms with Crippen molar-refractivity contribution < 1.29 is 9.53 Å². The minimum absolute atomic E-state index is 0.290. The average Bonchev–Trinajstić information content (AvgIpc) is 3.28. The fourth-order valence-corrected chi connectivity index (χ4v) is 5.13. The summed E-state index contributed by atoms with van der Waals surface area (Å²) >= 11 is 0. The zero-order valence-corrected chi connectivity index (χ0v) is 17.4. The number of hydrogen-bond donors (Lipinski definition) is 3. The van der Waals surface area contributed by atoms with E-state index < -0.39 is 11.1 Å². The summed E-state index contributed by atoms with van der Waals surface area (Å²) < 4.78 is 6.43. The van der Waals surface area contributed by atoms with E-state index in [1.165, 1.54) is 0 Å². The van der Waals surface area contributed by atoms with Gasteiger partial charge in [-0.2, -0.15) is 0 Å². The van der Waals surface area contributed by atoms with Crippen molar-refractivity contribution >= 4 is 16.9 Å². The maximum absolute atomic E-state index is 13.1. The Morgan fingerprint density at radius 2 is 1.83 bits per heavy atom. The minimum atomic E-state index is -1.01. The minimum Gasteiger partial charge on any atom is -0.443 e. The summed E-state index contributed by atoms with van der Waals surface area (Å²) in [6.07, 6.45) is 7.00. The lowest BCUT2D eigenvalue weighted by molar-refractivity contribution is -0.0241. The molecule has 0 fully saturated rings. The van der Waals surface area contributed by atoms with E-state index in [0.717, 1.165) is 33.4 Å². The Bertz CT molecular complexity index is 1220. The second kappa shape index (κ2) is 6.61. The van der Waals surface area contributed by atoms with Crippen LogP contribution >= 0.6 is 0 Å². The molecule has 2 unspecified atom stereocenters. The smallest absolute Gasteiger partial charge is 0.339 e. The van der Waals surface area contributed by atoms with Crippen molar-refractivity contribution in [2.24, 2.45) is 0 Å². The summed E-state index contributed by atoms with van der Waals surface area (Å²) in [6, 6.07) is 15.9. The number of allylic oxidation sites excluding steroid dienone is 1. The van der Waals surface area contributed by atoms with Crippen molar-refractivity contribution in [3.05, 3.63) is 94.8 Å². The molecule has 2 aliphatic rings. The molecule has 0 radical (unpaired) electrons. The zero-order valence-electron chi connectivity index (χ0n) is 17.4. The fourth-order valence-electron chi connectivity index (χ4n) is 5.13. The van der Waals surface area contributed by atoms with Gasteiger partial charge in [-0.25, -0.2) is 4.79 Å². The Hall–Kier alpha value is -3.31. The predicted octanol–water partition coefficient (Wildman–Crippen LogP) is 3.91. The summed E-state index contributed by atoms with van der Waals surface area (Å²) in [4.78, 5) is 16.6. The Morgan fingerprint density at radius 3 is 2.57 bits per heavy atom. The summed E-state index contributed by atoms with van der Waals surface area (Å²) in [7, 11) is 3.84. The topological polar surface area (TPSA) is 66.2 Å². The van der Waals surface area contributed by atoms with Crippen LogP contribution in [0.3, 0.4) is 0 Å². The normalized spacial score (nSPS) is 25.2. The average molecular weight is 399 g/mol. The molecule has 5 rings (SSSR count). The van der Waals surface area contributed by atoms with Gasteiger partial charge in [-0.3, -0.25) is 0 Å². The number of carbonyl (C=O) groups excluding carboxylic acids is 1. The van der Waals surface area contributed by atoms with Gasteiger partial charge in [0.2, 0.25) is 0 Å². The van der Waals surface area contributed by atoms with Gasteiger partial charge in [0.05, 0.1) is 11.1 Å². The predicted molar refractivity (Wildman–Crippen MR) is 118 cm³/mol. The number of fused-ring (bicyclic) bond motifs is 2. The first-order chi connectivity index (χ1) is 14.6. The number of aromatic nitrogens is 1. The molecule has 2 heterocycles. The van der Waals surface area contributed by atoms with Crippen molar-refractivity contribution in [3.63, 3.8) is 0 Å². The molecular formula is C25H25N3O2. The van der Waals surface area contributed by atoms with E-state index in [2.05, 4.69) is 52.9 Å². The summed E-state index contributed by atoms with van der Waals surface area (Å²) in [5, 5.41) is 7.80. The van der Waals surface area contributed by atoms with Crippen molar-refractivity contribution in [1.82, 2.24) is 15.6 Å². The van der Waals surface area contributed by atoms with Crippen molar-refractivity contribution in [3.8, 4) is 0 Å². The molecular weight excluding hydrogens is 374 g/mol. The summed E-state index contributed by atoms with van der Waals surface area (Å²) in [5.41, 5.74) is 3.92. The molecule has 5 heteroatoms. The standard InChI is InChI=1S/C25H25N3O2/c1-16-22(19-9-5-7-11-21(19)28-16)25(20-10-6-4-8-18(20)23(29)30-25)24(27-3)14-12-17(26-2)13-15-24/h4-14,26-28H,15H2,1-3H3. The first-order valence-corrected chi connectivity index (χ1v) is 10.2. The van der Waals surface area contributed by atoms with E-state index >= 15 is 0 Å². The highest BCUT2D eigenvalue weighted by atomic mass is 16.6. The van der Waals surface area contributed by atoms with Crippen LogP contribution in [0.15, 0.2) is 72.5 Å². The van der Waals surface area contributed by atoms with Crippen LogP contribution in [0.5, 0.6) is 0 Å². The molecule has 1 aliphatic heterocycles. The van der Waals surface area contributed by atoms with Crippen LogP contribution in [0.25, 0.3) is 10.9 Å². The van der Waals surface area contributed by atoms with Gasteiger partial charge in [0.25, 0.3) is 0 Å². The van der Waals surface area contributed by atoms with E-state index in [-0.39, 0.29) is 5.97 Å². The van der Waals surface area contributed by atoms with Crippen molar-refractivity contribution in [2.45, 2.75) is 24.5 Å². The highest BCUT2D eigenvalue weighted by Gasteiger charge is 2.61. The zero-order chi connectivity index (χ0) is 20.9. The van der Waals surface area contributed by atoms with E-state index in [1.807, 2.05) is 50.5 Å². The molecule has 3 N–H and O–H groups in total. The summed E-state index contributed by atoms with van der Waals surface area (Å²) in [5.74, 6) is -0.290. The molecule has 3 aromatic rings. The first-order valence-electron chi connectivity index (χ1n) is 10.2. The molecule has 0 amide bonds. The third-order valence-corrected chi connectivity index (χ3v) is 6.57. The number of H-pyrrole nitrogens is 1. The lowest BCUT2D eigenvalue weighted by atomic mass is 9.66. The van der Waals surface area contributed by atoms with E-state index in [9.17, 15) is 4.79 Å². The number of nitrogens with one attached hydrogen (secondary N) is 3. The highest BCUT2D eigenvalue weighted by molar-refractivity contribution is 5.98. The number of cyclic esters (lactones) is 1. The van der Waals surface area contributed by atoms with Crippen molar-refractivity contribution in [2.75, 3.05) is 14.1 Å². The molecule has 2 aromatic carbocycles. The van der Waals surface area contributed by atoms with Gasteiger partial charge >= 0.3 is 5.97 Å². The van der Waals surface area contributed by atoms with Crippen LogP contribution in [0.1, 0.15) is 33.6 Å². The number of ether oxygens (including phenoxy) is 1. The van der Waals surface area contributed by atoms with Crippen LogP contribution in [0, 0.1) is 6.92 Å². The molecule has 0 saturated carbocycles. The van der Waals surface area contributed by atoms with Gasteiger partial charge in [0.15, 0.2) is 5.60 Å². The van der Waals surface area contributed by atoms with Gasteiger partial charge in [-0.05, 0) is 38.6 Å². The van der Waals surface area contributed by atoms with Crippen LogP contribution in [0.2, 0.25) is 0 Å². The second-order valence-corrected chi connectivity index (χ2v) is 7.96. The molecule has 1 aromatic heterocycles. The first kappa shape index (κ1) is 18.7. The molecule has 152 valence electrons. The third-order valence-electron chi connectivity index (χ3n) is 6.57.